The molecule has 2 aromatic rings. The summed E-state index contributed by atoms with van der Waals surface area (Å²) in [7, 11) is 0. The molecule has 0 aliphatic carbocycles. The molecule has 0 amide bonds. The Morgan fingerprint density at radius 3 is 2.85 bits per heavy atom. The van der Waals surface area contributed by atoms with E-state index in [1.807, 2.05) is 12.3 Å². The van der Waals surface area contributed by atoms with Crippen molar-refractivity contribution in [1.29, 1.82) is 0 Å². The van der Waals surface area contributed by atoms with Crippen LogP contribution in [0.3, 0.4) is 0 Å². The number of nitrogens with zero attached hydrogens (tertiary/aromatic N) is 2. The third-order valence-electron chi connectivity index (χ3n) is 4.14. The first-order valence-electron chi connectivity index (χ1n) is 7.32. The summed E-state index contributed by atoms with van der Waals surface area (Å²) in [5.41, 5.74) is 4.84. The Labute approximate surface area is 120 Å². The van der Waals surface area contributed by atoms with Gasteiger partial charge in [-0.25, -0.2) is 9.97 Å². The number of benzene rings is 1. The lowest BCUT2D eigenvalue weighted by Gasteiger charge is -2.09. The smallest absolute Gasteiger partial charge is 0.129 e. The van der Waals surface area contributed by atoms with Gasteiger partial charge in [0.15, 0.2) is 0 Å². The summed E-state index contributed by atoms with van der Waals surface area (Å²) in [4.78, 5) is 9.17. The fraction of sp³-hybridized carbons (Fsp3) is 0.412. The highest BCUT2D eigenvalue weighted by molar-refractivity contribution is 5.60. The van der Waals surface area contributed by atoms with Crippen molar-refractivity contribution in [3.05, 3.63) is 47.4 Å². The molecule has 0 radical (unpaired) electrons. The van der Waals surface area contributed by atoms with Crippen LogP contribution in [0.15, 0.2) is 30.5 Å². The second kappa shape index (κ2) is 5.71. The van der Waals surface area contributed by atoms with E-state index in [0.29, 0.717) is 5.92 Å². The highest BCUT2D eigenvalue weighted by Gasteiger charge is 2.16. The summed E-state index contributed by atoms with van der Waals surface area (Å²) < 4.78 is 0. The predicted molar refractivity (Wildman–Crippen MR) is 81.6 cm³/mol. The molecule has 1 aromatic carbocycles. The van der Waals surface area contributed by atoms with Gasteiger partial charge in [-0.1, -0.05) is 12.1 Å². The SMILES string of the molecule is Cc1ccc(-c2ccnc(CC3CCNC3)n2)cc1C. The molecular formula is C17H21N3. The van der Waals surface area contributed by atoms with E-state index >= 15 is 0 Å². The van der Waals surface area contributed by atoms with E-state index in [0.717, 1.165) is 31.0 Å². The number of rotatable bonds is 3. The van der Waals surface area contributed by atoms with Gasteiger partial charge in [0.25, 0.3) is 0 Å². The van der Waals surface area contributed by atoms with Crippen molar-refractivity contribution in [2.45, 2.75) is 26.7 Å². The van der Waals surface area contributed by atoms with Crippen LogP contribution >= 0.6 is 0 Å². The summed E-state index contributed by atoms with van der Waals surface area (Å²) in [6.45, 7) is 6.50. The second-order valence-electron chi connectivity index (χ2n) is 5.72. The minimum Gasteiger partial charge on any atom is -0.316 e. The average Bonchev–Trinajstić information content (AvgIpc) is 2.95. The molecule has 0 saturated carbocycles. The zero-order chi connectivity index (χ0) is 13.9. The first-order valence-corrected chi connectivity index (χ1v) is 7.32. The highest BCUT2D eigenvalue weighted by atomic mass is 14.9. The molecule has 1 aliphatic heterocycles. The Morgan fingerprint density at radius 2 is 2.10 bits per heavy atom. The van der Waals surface area contributed by atoms with Crippen molar-refractivity contribution in [3.63, 3.8) is 0 Å². The molecule has 1 saturated heterocycles. The molecular weight excluding hydrogens is 246 g/mol. The van der Waals surface area contributed by atoms with Gasteiger partial charge in [0.2, 0.25) is 0 Å². The Balaban J connectivity index is 1.84. The average molecular weight is 267 g/mol. The zero-order valence-electron chi connectivity index (χ0n) is 12.2. The fourth-order valence-electron chi connectivity index (χ4n) is 2.71. The molecule has 1 atom stereocenters. The van der Waals surface area contributed by atoms with Gasteiger partial charge in [-0.15, -0.1) is 0 Å². The minimum absolute atomic E-state index is 0.685. The Kier molecular flexibility index (Phi) is 3.79. The topological polar surface area (TPSA) is 37.8 Å². The highest BCUT2D eigenvalue weighted by Crippen LogP contribution is 2.21. The molecule has 1 fully saturated rings. The summed E-state index contributed by atoms with van der Waals surface area (Å²) in [5.74, 6) is 1.65. The summed E-state index contributed by atoms with van der Waals surface area (Å²) in [6, 6.07) is 8.51. The molecule has 0 bridgehead atoms. The van der Waals surface area contributed by atoms with Gasteiger partial charge in [0.05, 0.1) is 5.69 Å². The molecule has 1 aromatic heterocycles. The first kappa shape index (κ1) is 13.3. The third kappa shape index (κ3) is 2.88. The maximum absolute atomic E-state index is 4.74. The third-order valence-corrected chi connectivity index (χ3v) is 4.14. The van der Waals surface area contributed by atoms with Gasteiger partial charge in [0.1, 0.15) is 5.82 Å². The maximum Gasteiger partial charge on any atom is 0.129 e. The number of aryl methyl sites for hydroxylation is 2. The van der Waals surface area contributed by atoms with Crippen molar-refractivity contribution in [1.82, 2.24) is 15.3 Å². The molecule has 1 unspecified atom stereocenters. The fourth-order valence-corrected chi connectivity index (χ4v) is 2.71. The van der Waals surface area contributed by atoms with E-state index in [1.54, 1.807) is 0 Å². The summed E-state index contributed by atoms with van der Waals surface area (Å²) in [6.07, 6.45) is 4.10. The van der Waals surface area contributed by atoms with Crippen molar-refractivity contribution < 1.29 is 0 Å². The molecule has 3 nitrogen and oxygen atoms in total. The van der Waals surface area contributed by atoms with Gasteiger partial charge in [-0.05, 0) is 62.5 Å². The number of hydrogen-bond donors (Lipinski definition) is 1. The van der Waals surface area contributed by atoms with Gasteiger partial charge >= 0.3 is 0 Å². The lowest BCUT2D eigenvalue weighted by Crippen LogP contribution is -2.12. The van der Waals surface area contributed by atoms with Gasteiger partial charge in [-0.2, -0.15) is 0 Å². The molecule has 20 heavy (non-hydrogen) atoms. The van der Waals surface area contributed by atoms with E-state index < -0.39 is 0 Å². The largest absolute Gasteiger partial charge is 0.316 e. The molecule has 2 heterocycles. The molecule has 3 rings (SSSR count). The van der Waals surface area contributed by atoms with E-state index in [-0.39, 0.29) is 0 Å². The lowest BCUT2D eigenvalue weighted by molar-refractivity contribution is 0.561. The molecule has 1 aliphatic rings. The van der Waals surface area contributed by atoms with Crippen LogP contribution in [-0.4, -0.2) is 23.1 Å². The minimum atomic E-state index is 0.685. The van der Waals surface area contributed by atoms with Crippen LogP contribution in [0.25, 0.3) is 11.3 Å². The van der Waals surface area contributed by atoms with Crippen LogP contribution in [0.1, 0.15) is 23.4 Å². The number of nitrogens with one attached hydrogen (secondary N) is 1. The van der Waals surface area contributed by atoms with Crippen molar-refractivity contribution in [2.75, 3.05) is 13.1 Å². The van der Waals surface area contributed by atoms with Crippen LogP contribution in [0.2, 0.25) is 0 Å². The molecule has 1 N–H and O–H groups in total. The second-order valence-corrected chi connectivity index (χ2v) is 5.72. The Hall–Kier alpha value is -1.74. The Morgan fingerprint density at radius 1 is 1.20 bits per heavy atom. The van der Waals surface area contributed by atoms with E-state index in [1.165, 1.54) is 23.1 Å². The quantitative estimate of drug-likeness (QED) is 0.929. The standard InChI is InChI=1S/C17H21N3/c1-12-3-4-15(9-13(12)2)16-6-8-19-17(20-16)10-14-5-7-18-11-14/h3-4,6,8-9,14,18H,5,7,10-11H2,1-2H3. The van der Waals surface area contributed by atoms with Crippen LogP contribution < -0.4 is 5.32 Å². The normalized spacial score (nSPS) is 18.4. The van der Waals surface area contributed by atoms with Gasteiger partial charge in [-0.3, -0.25) is 0 Å². The van der Waals surface area contributed by atoms with Gasteiger partial charge < -0.3 is 5.32 Å². The van der Waals surface area contributed by atoms with Crippen LogP contribution in [0.5, 0.6) is 0 Å². The maximum atomic E-state index is 4.74. The molecule has 3 heteroatoms. The Bertz CT molecular complexity index is 601. The molecule has 0 spiro atoms. The number of hydrogen-bond acceptors (Lipinski definition) is 3. The van der Waals surface area contributed by atoms with E-state index in [2.05, 4.69) is 42.3 Å². The number of aromatic nitrogens is 2. The van der Waals surface area contributed by atoms with Crippen molar-refractivity contribution in [2.24, 2.45) is 5.92 Å². The lowest BCUT2D eigenvalue weighted by atomic mass is 10.0. The monoisotopic (exact) mass is 267 g/mol. The van der Waals surface area contributed by atoms with E-state index in [4.69, 9.17) is 4.98 Å². The predicted octanol–water partition coefficient (Wildman–Crippen LogP) is 2.91. The van der Waals surface area contributed by atoms with Crippen molar-refractivity contribution in [3.8, 4) is 11.3 Å². The van der Waals surface area contributed by atoms with Crippen LogP contribution in [0, 0.1) is 19.8 Å². The van der Waals surface area contributed by atoms with Gasteiger partial charge in [0, 0.05) is 18.2 Å². The van der Waals surface area contributed by atoms with Crippen LogP contribution in [0.4, 0.5) is 0 Å². The van der Waals surface area contributed by atoms with E-state index in [9.17, 15) is 0 Å². The summed E-state index contributed by atoms with van der Waals surface area (Å²) in [5, 5.41) is 3.40. The van der Waals surface area contributed by atoms with Crippen LogP contribution in [-0.2, 0) is 6.42 Å². The van der Waals surface area contributed by atoms with Crippen molar-refractivity contribution >= 4 is 0 Å². The first-order chi connectivity index (χ1) is 9.72. The summed E-state index contributed by atoms with van der Waals surface area (Å²) >= 11 is 0. The molecule has 104 valence electrons. The zero-order valence-corrected chi connectivity index (χ0v) is 12.2.